The van der Waals surface area contributed by atoms with Gasteiger partial charge >= 0.3 is 0 Å². The second-order valence-corrected chi connectivity index (χ2v) is 6.47. The van der Waals surface area contributed by atoms with E-state index in [0.29, 0.717) is 5.92 Å². The van der Waals surface area contributed by atoms with Gasteiger partial charge < -0.3 is 10.1 Å². The molecular weight excluding hydrogens is 234 g/mol. The lowest BCUT2D eigenvalue weighted by atomic mass is 9.66. The molecule has 2 aliphatic heterocycles. The number of benzene rings is 1. The summed E-state index contributed by atoms with van der Waals surface area (Å²) < 4.78 is 5.60. The smallest absolute Gasteiger partial charge is 0.0588 e. The molecule has 2 heterocycles. The molecule has 2 heteroatoms. The van der Waals surface area contributed by atoms with Crippen molar-refractivity contribution in [2.45, 2.75) is 38.0 Å². The van der Waals surface area contributed by atoms with Gasteiger partial charge in [0.1, 0.15) is 0 Å². The molecule has 19 heavy (non-hydrogen) atoms. The molecule has 0 radical (unpaired) electrons. The van der Waals surface area contributed by atoms with Gasteiger partial charge in [0.2, 0.25) is 0 Å². The third kappa shape index (κ3) is 2.32. The average molecular weight is 259 g/mol. The van der Waals surface area contributed by atoms with Gasteiger partial charge in [0.15, 0.2) is 0 Å². The Morgan fingerprint density at radius 3 is 2.42 bits per heavy atom. The molecule has 0 amide bonds. The summed E-state index contributed by atoms with van der Waals surface area (Å²) in [5.74, 6) is 1.35. The van der Waals surface area contributed by atoms with Gasteiger partial charge in [-0.2, -0.15) is 0 Å². The molecule has 0 spiro atoms. The van der Waals surface area contributed by atoms with Crippen molar-refractivity contribution in [1.82, 2.24) is 5.32 Å². The van der Waals surface area contributed by atoms with Gasteiger partial charge in [-0.1, -0.05) is 38.1 Å². The van der Waals surface area contributed by atoms with E-state index < -0.39 is 0 Å². The number of ether oxygens (including phenoxy) is 1. The Hall–Kier alpha value is -0.860. The van der Waals surface area contributed by atoms with Crippen LogP contribution in [0.4, 0.5) is 0 Å². The van der Waals surface area contributed by atoms with Crippen molar-refractivity contribution < 1.29 is 4.74 Å². The lowest BCUT2D eigenvalue weighted by Gasteiger charge is -2.49. The molecule has 1 atom stereocenters. The fourth-order valence-electron chi connectivity index (χ4n) is 3.48. The van der Waals surface area contributed by atoms with E-state index in [1.54, 1.807) is 0 Å². The molecule has 0 aliphatic carbocycles. The van der Waals surface area contributed by atoms with Gasteiger partial charge in [0.25, 0.3) is 0 Å². The first-order valence-corrected chi connectivity index (χ1v) is 7.61. The summed E-state index contributed by atoms with van der Waals surface area (Å²) in [6.45, 7) is 8.64. The summed E-state index contributed by atoms with van der Waals surface area (Å²) in [5, 5.41) is 3.55. The Labute approximate surface area is 116 Å². The van der Waals surface area contributed by atoms with Crippen LogP contribution >= 0.6 is 0 Å². The first-order chi connectivity index (χ1) is 9.22. The van der Waals surface area contributed by atoms with Gasteiger partial charge in [0.05, 0.1) is 13.2 Å². The highest BCUT2D eigenvalue weighted by Crippen LogP contribution is 2.42. The molecular formula is C17H25NO. The molecule has 0 bridgehead atoms. The molecule has 0 saturated carbocycles. The van der Waals surface area contributed by atoms with E-state index in [-0.39, 0.29) is 5.41 Å². The largest absolute Gasteiger partial charge is 0.379 e. The molecule has 3 rings (SSSR count). The van der Waals surface area contributed by atoms with Crippen LogP contribution in [0.15, 0.2) is 24.3 Å². The van der Waals surface area contributed by atoms with Crippen molar-refractivity contribution in [3.05, 3.63) is 35.4 Å². The monoisotopic (exact) mass is 259 g/mol. The Morgan fingerprint density at radius 1 is 1.21 bits per heavy atom. The molecule has 2 fully saturated rings. The van der Waals surface area contributed by atoms with Crippen LogP contribution in [0.2, 0.25) is 0 Å². The molecule has 1 aromatic rings. The highest BCUT2D eigenvalue weighted by molar-refractivity contribution is 5.33. The first-order valence-electron chi connectivity index (χ1n) is 7.61. The minimum Gasteiger partial charge on any atom is -0.379 e. The summed E-state index contributed by atoms with van der Waals surface area (Å²) >= 11 is 0. The van der Waals surface area contributed by atoms with Crippen molar-refractivity contribution >= 4 is 0 Å². The van der Waals surface area contributed by atoms with Crippen LogP contribution in [0, 0.1) is 5.92 Å². The lowest BCUT2D eigenvalue weighted by Crippen LogP contribution is -2.56. The zero-order chi connectivity index (χ0) is 13.3. The van der Waals surface area contributed by atoms with Gasteiger partial charge in [-0.25, -0.2) is 0 Å². The molecule has 0 aromatic heterocycles. The maximum atomic E-state index is 5.60. The minimum atomic E-state index is 0.281. The Balaban J connectivity index is 1.84. The van der Waals surface area contributed by atoms with E-state index in [4.69, 9.17) is 4.74 Å². The minimum absolute atomic E-state index is 0.281. The van der Waals surface area contributed by atoms with E-state index >= 15 is 0 Å². The second-order valence-electron chi connectivity index (χ2n) is 6.47. The molecule has 1 N–H and O–H groups in total. The predicted molar refractivity (Wildman–Crippen MR) is 78.6 cm³/mol. The van der Waals surface area contributed by atoms with E-state index in [1.807, 2.05) is 0 Å². The molecule has 2 saturated heterocycles. The van der Waals surface area contributed by atoms with E-state index in [1.165, 1.54) is 30.5 Å². The Morgan fingerprint density at radius 2 is 1.95 bits per heavy atom. The van der Waals surface area contributed by atoms with E-state index in [9.17, 15) is 0 Å². The van der Waals surface area contributed by atoms with Crippen LogP contribution < -0.4 is 5.32 Å². The highest BCUT2D eigenvalue weighted by Gasteiger charge is 2.46. The second kappa shape index (κ2) is 5.26. The third-order valence-corrected chi connectivity index (χ3v) is 4.95. The number of nitrogens with one attached hydrogen (secondary N) is 1. The van der Waals surface area contributed by atoms with Gasteiger partial charge in [0, 0.05) is 5.41 Å². The van der Waals surface area contributed by atoms with Crippen LogP contribution in [-0.2, 0) is 10.2 Å². The first kappa shape index (κ1) is 13.1. The number of hydrogen-bond donors (Lipinski definition) is 1. The molecule has 2 aliphatic rings. The SMILES string of the molecule is CC(C)c1ccc(C2(C3CCCNC3)COC2)cc1. The summed E-state index contributed by atoms with van der Waals surface area (Å²) in [6.07, 6.45) is 2.64. The topological polar surface area (TPSA) is 21.3 Å². The molecule has 2 nitrogen and oxygen atoms in total. The fourth-order valence-corrected chi connectivity index (χ4v) is 3.48. The predicted octanol–water partition coefficient (Wildman–Crippen LogP) is 3.08. The van der Waals surface area contributed by atoms with Gasteiger partial charge in [-0.15, -0.1) is 0 Å². The van der Waals surface area contributed by atoms with E-state index in [0.717, 1.165) is 25.7 Å². The maximum absolute atomic E-state index is 5.60. The summed E-state index contributed by atoms with van der Waals surface area (Å²) in [6, 6.07) is 9.28. The Kier molecular flexibility index (Phi) is 3.64. The van der Waals surface area contributed by atoms with Crippen molar-refractivity contribution in [3.8, 4) is 0 Å². The maximum Gasteiger partial charge on any atom is 0.0588 e. The summed E-state index contributed by atoms with van der Waals surface area (Å²) in [5.41, 5.74) is 3.20. The van der Waals surface area contributed by atoms with Gasteiger partial charge in [-0.3, -0.25) is 0 Å². The van der Waals surface area contributed by atoms with Crippen molar-refractivity contribution in [2.24, 2.45) is 5.92 Å². The highest BCUT2D eigenvalue weighted by atomic mass is 16.5. The van der Waals surface area contributed by atoms with E-state index in [2.05, 4.69) is 43.4 Å². The van der Waals surface area contributed by atoms with Crippen LogP contribution in [-0.4, -0.2) is 26.3 Å². The molecule has 1 unspecified atom stereocenters. The fraction of sp³-hybridized carbons (Fsp3) is 0.647. The van der Waals surface area contributed by atoms with Gasteiger partial charge in [-0.05, 0) is 48.9 Å². The van der Waals surface area contributed by atoms with Crippen molar-refractivity contribution in [2.75, 3.05) is 26.3 Å². The van der Waals surface area contributed by atoms with Crippen LogP contribution in [0.5, 0.6) is 0 Å². The van der Waals surface area contributed by atoms with Crippen LogP contribution in [0.25, 0.3) is 0 Å². The van der Waals surface area contributed by atoms with Crippen molar-refractivity contribution in [1.29, 1.82) is 0 Å². The molecule has 104 valence electrons. The zero-order valence-electron chi connectivity index (χ0n) is 12.1. The third-order valence-electron chi connectivity index (χ3n) is 4.95. The molecule has 1 aromatic carbocycles. The number of piperidine rings is 1. The average Bonchev–Trinajstić information content (AvgIpc) is 2.39. The lowest BCUT2D eigenvalue weighted by molar-refractivity contribution is -0.0947. The Bertz CT molecular complexity index is 413. The van der Waals surface area contributed by atoms with Crippen LogP contribution in [0.3, 0.4) is 0 Å². The summed E-state index contributed by atoms with van der Waals surface area (Å²) in [4.78, 5) is 0. The van der Waals surface area contributed by atoms with Crippen LogP contribution in [0.1, 0.15) is 43.7 Å². The quantitative estimate of drug-likeness (QED) is 0.900. The zero-order valence-corrected chi connectivity index (χ0v) is 12.1. The standard InChI is InChI=1S/C17H25NO/c1-13(2)14-5-7-15(8-6-14)17(11-19-12-17)16-4-3-9-18-10-16/h5-8,13,16,18H,3-4,9-12H2,1-2H3. The normalized spacial score (nSPS) is 26.2. The number of hydrogen-bond acceptors (Lipinski definition) is 2. The number of rotatable bonds is 3. The summed E-state index contributed by atoms with van der Waals surface area (Å²) in [7, 11) is 0. The van der Waals surface area contributed by atoms with Crippen molar-refractivity contribution in [3.63, 3.8) is 0 Å².